The van der Waals surface area contributed by atoms with Crippen molar-refractivity contribution < 1.29 is 0 Å². The number of nitrogens with one attached hydrogen (secondary N) is 2. The molecule has 8 nitrogen and oxygen atoms in total. The third-order valence-corrected chi connectivity index (χ3v) is 2.22. The zero-order valence-corrected chi connectivity index (χ0v) is 11.3. The van der Waals surface area contributed by atoms with Gasteiger partial charge in [-0.1, -0.05) is 6.92 Å². The van der Waals surface area contributed by atoms with Crippen LogP contribution in [0.15, 0.2) is 18.7 Å². The molecular formula is C11H18N8. The van der Waals surface area contributed by atoms with E-state index in [1.807, 2.05) is 14.1 Å². The molecule has 2 rings (SSSR count). The minimum Gasteiger partial charge on any atom is -0.354 e. The van der Waals surface area contributed by atoms with Crippen molar-refractivity contribution in [2.75, 3.05) is 31.4 Å². The van der Waals surface area contributed by atoms with E-state index in [1.54, 1.807) is 28.3 Å². The summed E-state index contributed by atoms with van der Waals surface area (Å²) in [5, 5.41) is 4.93. The first kappa shape index (κ1) is 13.2. The predicted molar refractivity (Wildman–Crippen MR) is 73.0 cm³/mol. The monoisotopic (exact) mass is 262 g/mol. The SMILES string of the molecule is CCCNc1nc(NN(C)C)nc(-n2ccnc2)n1. The summed E-state index contributed by atoms with van der Waals surface area (Å²) in [7, 11) is 3.75. The van der Waals surface area contributed by atoms with Crippen LogP contribution in [0.1, 0.15) is 13.3 Å². The molecular weight excluding hydrogens is 244 g/mol. The van der Waals surface area contributed by atoms with E-state index in [-0.39, 0.29) is 0 Å². The number of anilines is 2. The molecule has 0 amide bonds. The van der Waals surface area contributed by atoms with Crippen molar-refractivity contribution in [2.45, 2.75) is 13.3 Å². The molecule has 0 aromatic carbocycles. The topological polar surface area (TPSA) is 83.8 Å². The number of nitrogens with zero attached hydrogens (tertiary/aromatic N) is 6. The van der Waals surface area contributed by atoms with E-state index in [4.69, 9.17) is 0 Å². The highest BCUT2D eigenvalue weighted by Gasteiger charge is 2.08. The van der Waals surface area contributed by atoms with Crippen LogP contribution in [0.3, 0.4) is 0 Å². The van der Waals surface area contributed by atoms with Gasteiger partial charge in [-0.15, -0.1) is 0 Å². The maximum Gasteiger partial charge on any atom is 0.244 e. The standard InChI is InChI=1S/C11H18N8/c1-4-5-13-9-14-10(17-18(2)3)16-11(15-9)19-7-6-12-8-19/h6-8H,4-5H2,1-3H3,(H2,13,14,15,16,17). The van der Waals surface area contributed by atoms with Crippen LogP contribution in [0, 0.1) is 0 Å². The fourth-order valence-corrected chi connectivity index (χ4v) is 1.42. The van der Waals surface area contributed by atoms with Gasteiger partial charge in [-0.05, 0) is 6.42 Å². The van der Waals surface area contributed by atoms with Crippen molar-refractivity contribution in [3.8, 4) is 5.95 Å². The molecule has 0 bridgehead atoms. The van der Waals surface area contributed by atoms with Crippen LogP contribution in [-0.4, -0.2) is 50.2 Å². The Bertz CT molecular complexity index is 507. The average Bonchev–Trinajstić information content (AvgIpc) is 2.89. The maximum atomic E-state index is 4.35. The van der Waals surface area contributed by atoms with Crippen LogP contribution in [-0.2, 0) is 0 Å². The summed E-state index contributed by atoms with van der Waals surface area (Å²) in [5.74, 6) is 1.56. The lowest BCUT2D eigenvalue weighted by Crippen LogP contribution is -2.22. The van der Waals surface area contributed by atoms with Crippen LogP contribution < -0.4 is 10.7 Å². The number of rotatable bonds is 6. The minimum absolute atomic E-state index is 0.488. The lowest BCUT2D eigenvalue weighted by atomic mass is 10.5. The van der Waals surface area contributed by atoms with Gasteiger partial charge in [-0.3, -0.25) is 9.99 Å². The van der Waals surface area contributed by atoms with Crippen molar-refractivity contribution in [1.29, 1.82) is 0 Å². The summed E-state index contributed by atoms with van der Waals surface area (Å²) in [4.78, 5) is 17.0. The van der Waals surface area contributed by atoms with E-state index in [1.165, 1.54) is 0 Å². The molecule has 0 atom stereocenters. The Morgan fingerprint density at radius 1 is 1.21 bits per heavy atom. The van der Waals surface area contributed by atoms with Gasteiger partial charge in [-0.2, -0.15) is 15.0 Å². The normalized spacial score (nSPS) is 10.7. The Morgan fingerprint density at radius 2 is 2.00 bits per heavy atom. The second-order valence-corrected chi connectivity index (χ2v) is 4.19. The van der Waals surface area contributed by atoms with E-state index in [2.05, 4.69) is 37.6 Å². The Morgan fingerprint density at radius 3 is 2.63 bits per heavy atom. The highest BCUT2D eigenvalue weighted by atomic mass is 15.5. The summed E-state index contributed by atoms with van der Waals surface area (Å²) in [6.07, 6.45) is 6.13. The molecule has 0 aliphatic carbocycles. The molecule has 0 spiro atoms. The Hall–Kier alpha value is -2.22. The summed E-state index contributed by atoms with van der Waals surface area (Å²) in [6, 6.07) is 0. The first-order chi connectivity index (χ1) is 9.19. The summed E-state index contributed by atoms with van der Waals surface area (Å²) in [6.45, 7) is 2.90. The zero-order valence-electron chi connectivity index (χ0n) is 11.3. The molecule has 8 heteroatoms. The van der Waals surface area contributed by atoms with Crippen LogP contribution in [0.5, 0.6) is 0 Å². The molecule has 2 heterocycles. The lowest BCUT2D eigenvalue weighted by Gasteiger charge is -2.13. The van der Waals surface area contributed by atoms with Crippen LogP contribution in [0.2, 0.25) is 0 Å². The van der Waals surface area contributed by atoms with Crippen molar-refractivity contribution in [1.82, 2.24) is 29.5 Å². The molecule has 0 saturated carbocycles. The van der Waals surface area contributed by atoms with Gasteiger partial charge >= 0.3 is 0 Å². The van der Waals surface area contributed by atoms with E-state index in [0.717, 1.165) is 13.0 Å². The molecule has 0 aliphatic rings. The van der Waals surface area contributed by atoms with Crippen molar-refractivity contribution in [2.24, 2.45) is 0 Å². The number of aromatic nitrogens is 5. The molecule has 102 valence electrons. The third-order valence-electron chi connectivity index (χ3n) is 2.22. The van der Waals surface area contributed by atoms with Crippen molar-refractivity contribution in [3.63, 3.8) is 0 Å². The Balaban J connectivity index is 2.31. The first-order valence-electron chi connectivity index (χ1n) is 6.11. The van der Waals surface area contributed by atoms with Crippen LogP contribution in [0.4, 0.5) is 11.9 Å². The Labute approximate surface area is 111 Å². The van der Waals surface area contributed by atoms with E-state index >= 15 is 0 Å². The predicted octanol–water partition coefficient (Wildman–Crippen LogP) is 0.768. The molecule has 19 heavy (non-hydrogen) atoms. The second kappa shape index (κ2) is 6.10. The van der Waals surface area contributed by atoms with Crippen molar-refractivity contribution in [3.05, 3.63) is 18.7 Å². The zero-order chi connectivity index (χ0) is 13.7. The lowest BCUT2D eigenvalue weighted by molar-refractivity contribution is 0.488. The fraction of sp³-hybridized carbons (Fsp3) is 0.455. The molecule has 0 aliphatic heterocycles. The highest BCUT2D eigenvalue weighted by Crippen LogP contribution is 2.09. The smallest absolute Gasteiger partial charge is 0.244 e. The number of hydrogen-bond acceptors (Lipinski definition) is 7. The minimum atomic E-state index is 0.488. The first-order valence-corrected chi connectivity index (χ1v) is 6.11. The van der Waals surface area contributed by atoms with Gasteiger partial charge in [0.25, 0.3) is 0 Å². The molecule has 2 N–H and O–H groups in total. The van der Waals surface area contributed by atoms with Gasteiger partial charge < -0.3 is 5.32 Å². The highest BCUT2D eigenvalue weighted by molar-refractivity contribution is 5.37. The fourth-order valence-electron chi connectivity index (χ4n) is 1.42. The molecule has 2 aromatic rings. The third kappa shape index (κ3) is 3.62. The quantitative estimate of drug-likeness (QED) is 0.744. The maximum absolute atomic E-state index is 4.35. The second-order valence-electron chi connectivity index (χ2n) is 4.19. The van der Waals surface area contributed by atoms with Crippen LogP contribution >= 0.6 is 0 Å². The van der Waals surface area contributed by atoms with Gasteiger partial charge in [0.1, 0.15) is 6.33 Å². The molecule has 2 aromatic heterocycles. The molecule has 0 radical (unpaired) electrons. The number of imidazole rings is 1. The van der Waals surface area contributed by atoms with E-state index in [0.29, 0.717) is 17.8 Å². The number of hydrazine groups is 1. The van der Waals surface area contributed by atoms with E-state index < -0.39 is 0 Å². The van der Waals surface area contributed by atoms with Gasteiger partial charge in [0.15, 0.2) is 0 Å². The van der Waals surface area contributed by atoms with Gasteiger partial charge in [-0.25, -0.2) is 9.99 Å². The van der Waals surface area contributed by atoms with Gasteiger partial charge in [0.2, 0.25) is 17.8 Å². The van der Waals surface area contributed by atoms with Crippen LogP contribution in [0.25, 0.3) is 5.95 Å². The largest absolute Gasteiger partial charge is 0.354 e. The van der Waals surface area contributed by atoms with Gasteiger partial charge in [0.05, 0.1) is 0 Å². The summed E-state index contributed by atoms with van der Waals surface area (Å²) in [5.41, 5.74) is 3.02. The summed E-state index contributed by atoms with van der Waals surface area (Å²) < 4.78 is 1.74. The van der Waals surface area contributed by atoms with Gasteiger partial charge in [0, 0.05) is 33.0 Å². The Kier molecular flexibility index (Phi) is 4.24. The molecule has 0 unspecified atom stereocenters. The average molecular weight is 262 g/mol. The van der Waals surface area contributed by atoms with E-state index in [9.17, 15) is 0 Å². The van der Waals surface area contributed by atoms with Crippen molar-refractivity contribution >= 4 is 11.9 Å². The molecule has 0 fully saturated rings. The number of hydrogen-bond donors (Lipinski definition) is 2. The summed E-state index contributed by atoms with van der Waals surface area (Å²) >= 11 is 0. The molecule has 0 saturated heterocycles.